The number of halogens is 2. The van der Waals surface area contributed by atoms with E-state index in [9.17, 15) is 4.79 Å². The van der Waals surface area contributed by atoms with Gasteiger partial charge in [-0.2, -0.15) is 10.2 Å². The smallest absolute Gasteiger partial charge is 0.256 e. The predicted molar refractivity (Wildman–Crippen MR) is 116 cm³/mol. The molecule has 0 saturated heterocycles. The van der Waals surface area contributed by atoms with Crippen molar-refractivity contribution in [2.24, 2.45) is 0 Å². The number of hydrogen-bond acceptors (Lipinski definition) is 3. The topological polar surface area (TPSA) is 64.7 Å². The van der Waals surface area contributed by atoms with Crippen molar-refractivity contribution in [2.75, 3.05) is 5.32 Å². The molecule has 146 valence electrons. The van der Waals surface area contributed by atoms with Crippen LogP contribution in [0.3, 0.4) is 0 Å². The van der Waals surface area contributed by atoms with Crippen LogP contribution in [0.15, 0.2) is 77.7 Å². The van der Waals surface area contributed by atoms with Gasteiger partial charge in [0.1, 0.15) is 0 Å². The van der Waals surface area contributed by atoms with Gasteiger partial charge in [-0.25, -0.2) is 0 Å². The summed E-state index contributed by atoms with van der Waals surface area (Å²) in [5.41, 5.74) is 2.51. The summed E-state index contributed by atoms with van der Waals surface area (Å²) in [5.74, 6) is 0.278. The Labute approximate surface area is 181 Å². The standard InChI is InChI=1S/C21H17BrClN5O/c22-18-11-24-28(14-18)12-15-4-3-6-16(10-15)21(29)25-20-8-9-27(26-20)13-17-5-1-2-7-19(17)23/h1-11,14H,12-13H2,(H,25,26,29). The lowest BCUT2D eigenvalue weighted by Crippen LogP contribution is -2.13. The number of amides is 1. The van der Waals surface area contributed by atoms with Crippen LogP contribution in [0.1, 0.15) is 21.5 Å². The third kappa shape index (κ3) is 4.93. The molecule has 29 heavy (non-hydrogen) atoms. The number of nitrogens with zero attached hydrogens (tertiary/aromatic N) is 4. The number of aromatic nitrogens is 4. The molecular weight excluding hydrogens is 454 g/mol. The van der Waals surface area contributed by atoms with Crippen LogP contribution in [0.5, 0.6) is 0 Å². The van der Waals surface area contributed by atoms with Gasteiger partial charge in [-0.05, 0) is 45.3 Å². The van der Waals surface area contributed by atoms with Crippen LogP contribution in [-0.2, 0) is 13.1 Å². The first-order valence-corrected chi connectivity index (χ1v) is 10.1. The van der Waals surface area contributed by atoms with E-state index in [0.717, 1.165) is 15.6 Å². The average Bonchev–Trinajstić information content (AvgIpc) is 3.32. The van der Waals surface area contributed by atoms with Gasteiger partial charge in [0.2, 0.25) is 0 Å². The number of carbonyl (C=O) groups excluding carboxylic acids is 1. The molecule has 2 aromatic carbocycles. The normalized spacial score (nSPS) is 10.8. The summed E-state index contributed by atoms with van der Waals surface area (Å²) in [4.78, 5) is 12.6. The molecule has 1 amide bonds. The van der Waals surface area contributed by atoms with E-state index in [0.29, 0.717) is 29.5 Å². The minimum Gasteiger partial charge on any atom is -0.305 e. The summed E-state index contributed by atoms with van der Waals surface area (Å²) in [5, 5.41) is 12.2. The highest BCUT2D eigenvalue weighted by Gasteiger charge is 2.10. The molecule has 1 N–H and O–H groups in total. The van der Waals surface area contributed by atoms with E-state index in [-0.39, 0.29) is 5.91 Å². The minimum absolute atomic E-state index is 0.212. The second-order valence-corrected chi connectivity index (χ2v) is 7.82. The van der Waals surface area contributed by atoms with Gasteiger partial charge in [0.25, 0.3) is 5.91 Å². The molecule has 4 aromatic rings. The van der Waals surface area contributed by atoms with Gasteiger partial charge in [-0.1, -0.05) is 41.9 Å². The number of anilines is 1. The van der Waals surface area contributed by atoms with E-state index in [1.165, 1.54) is 0 Å². The fourth-order valence-corrected chi connectivity index (χ4v) is 3.45. The van der Waals surface area contributed by atoms with Crippen LogP contribution in [-0.4, -0.2) is 25.5 Å². The monoisotopic (exact) mass is 469 g/mol. The van der Waals surface area contributed by atoms with Crippen molar-refractivity contribution < 1.29 is 4.79 Å². The van der Waals surface area contributed by atoms with Crippen molar-refractivity contribution in [3.05, 3.63) is 99.4 Å². The fraction of sp³-hybridized carbons (Fsp3) is 0.0952. The van der Waals surface area contributed by atoms with Gasteiger partial charge in [-0.15, -0.1) is 0 Å². The highest BCUT2D eigenvalue weighted by atomic mass is 79.9. The van der Waals surface area contributed by atoms with Crippen molar-refractivity contribution >= 4 is 39.3 Å². The summed E-state index contributed by atoms with van der Waals surface area (Å²) in [6.45, 7) is 1.11. The highest BCUT2D eigenvalue weighted by Crippen LogP contribution is 2.17. The molecule has 0 bridgehead atoms. The van der Waals surface area contributed by atoms with Crippen LogP contribution in [0.2, 0.25) is 5.02 Å². The first-order chi connectivity index (χ1) is 14.1. The van der Waals surface area contributed by atoms with E-state index in [1.54, 1.807) is 27.7 Å². The van der Waals surface area contributed by atoms with Crippen molar-refractivity contribution in [1.82, 2.24) is 19.6 Å². The van der Waals surface area contributed by atoms with E-state index < -0.39 is 0 Å². The van der Waals surface area contributed by atoms with Crippen LogP contribution in [0.25, 0.3) is 0 Å². The lowest BCUT2D eigenvalue weighted by atomic mass is 10.1. The van der Waals surface area contributed by atoms with Crippen LogP contribution in [0.4, 0.5) is 5.82 Å². The molecule has 0 unspecified atom stereocenters. The second-order valence-electron chi connectivity index (χ2n) is 6.50. The first kappa shape index (κ1) is 19.4. The Balaban J connectivity index is 1.42. The third-order valence-corrected chi connectivity index (χ3v) is 5.09. The van der Waals surface area contributed by atoms with Gasteiger partial charge in [0.05, 0.1) is 23.8 Å². The van der Waals surface area contributed by atoms with Crippen molar-refractivity contribution in [3.63, 3.8) is 0 Å². The molecule has 0 atom stereocenters. The maximum absolute atomic E-state index is 12.6. The Hall–Kier alpha value is -2.90. The molecule has 4 rings (SSSR count). The first-order valence-electron chi connectivity index (χ1n) is 8.92. The Morgan fingerprint density at radius 3 is 2.72 bits per heavy atom. The number of hydrogen-bond donors (Lipinski definition) is 1. The summed E-state index contributed by atoms with van der Waals surface area (Å²) >= 11 is 9.58. The van der Waals surface area contributed by atoms with E-state index in [1.807, 2.05) is 54.9 Å². The highest BCUT2D eigenvalue weighted by molar-refractivity contribution is 9.10. The van der Waals surface area contributed by atoms with Gasteiger partial charge in [-0.3, -0.25) is 14.2 Å². The maximum Gasteiger partial charge on any atom is 0.256 e. The summed E-state index contributed by atoms with van der Waals surface area (Å²) in [6, 6.07) is 16.8. The van der Waals surface area contributed by atoms with Gasteiger partial charge < -0.3 is 5.32 Å². The molecule has 0 aliphatic rings. The number of rotatable bonds is 6. The van der Waals surface area contributed by atoms with Crippen molar-refractivity contribution in [2.45, 2.75) is 13.1 Å². The van der Waals surface area contributed by atoms with E-state index in [4.69, 9.17) is 11.6 Å². The number of nitrogens with one attached hydrogen (secondary N) is 1. The average molecular weight is 471 g/mol. The maximum atomic E-state index is 12.6. The zero-order valence-electron chi connectivity index (χ0n) is 15.3. The Morgan fingerprint density at radius 2 is 1.93 bits per heavy atom. The van der Waals surface area contributed by atoms with Crippen LogP contribution >= 0.6 is 27.5 Å². The van der Waals surface area contributed by atoms with Gasteiger partial charge >= 0.3 is 0 Å². The summed E-state index contributed by atoms with van der Waals surface area (Å²) in [7, 11) is 0. The molecule has 8 heteroatoms. The SMILES string of the molecule is O=C(Nc1ccn(Cc2ccccc2Cl)n1)c1cccc(Cn2cc(Br)cn2)c1. The fourth-order valence-electron chi connectivity index (χ4n) is 2.93. The molecule has 2 heterocycles. The van der Waals surface area contributed by atoms with Crippen molar-refractivity contribution in [1.29, 1.82) is 0 Å². The molecule has 0 aliphatic heterocycles. The number of carbonyl (C=O) groups is 1. The summed E-state index contributed by atoms with van der Waals surface area (Å²) < 4.78 is 4.46. The van der Waals surface area contributed by atoms with Crippen LogP contribution < -0.4 is 5.32 Å². The van der Waals surface area contributed by atoms with Gasteiger partial charge in [0.15, 0.2) is 5.82 Å². The molecule has 2 aromatic heterocycles. The lowest BCUT2D eigenvalue weighted by molar-refractivity contribution is 0.102. The molecule has 6 nitrogen and oxygen atoms in total. The third-order valence-electron chi connectivity index (χ3n) is 4.31. The minimum atomic E-state index is -0.212. The van der Waals surface area contributed by atoms with E-state index in [2.05, 4.69) is 31.4 Å². The van der Waals surface area contributed by atoms with Crippen LogP contribution in [0, 0.1) is 0 Å². The predicted octanol–water partition coefficient (Wildman–Crippen LogP) is 4.84. The molecule has 0 spiro atoms. The Kier molecular flexibility index (Phi) is 5.78. The molecule has 0 radical (unpaired) electrons. The van der Waals surface area contributed by atoms with Crippen molar-refractivity contribution in [3.8, 4) is 0 Å². The largest absolute Gasteiger partial charge is 0.305 e. The lowest BCUT2D eigenvalue weighted by Gasteiger charge is -2.06. The Morgan fingerprint density at radius 1 is 1.07 bits per heavy atom. The zero-order valence-corrected chi connectivity index (χ0v) is 17.6. The quantitative estimate of drug-likeness (QED) is 0.438. The summed E-state index contributed by atoms with van der Waals surface area (Å²) in [6.07, 6.45) is 5.43. The second kappa shape index (κ2) is 8.63. The molecule has 0 fully saturated rings. The zero-order chi connectivity index (χ0) is 20.2. The molecular formula is C21H17BrClN5O. The van der Waals surface area contributed by atoms with E-state index >= 15 is 0 Å². The Bertz CT molecular complexity index is 1150. The number of benzene rings is 2. The molecule has 0 aliphatic carbocycles. The molecule has 0 saturated carbocycles. The van der Waals surface area contributed by atoms with Gasteiger partial charge in [0, 0.05) is 29.0 Å².